The predicted molar refractivity (Wildman–Crippen MR) is 104 cm³/mol. The van der Waals surface area contributed by atoms with Gasteiger partial charge in [-0.3, -0.25) is 10.1 Å². The summed E-state index contributed by atoms with van der Waals surface area (Å²) < 4.78 is 9.60. The van der Waals surface area contributed by atoms with Crippen molar-refractivity contribution < 1.29 is 34.2 Å². The number of allylic oxidation sites excluding steroid dienone is 5. The Morgan fingerprint density at radius 1 is 1.20 bits per heavy atom. The van der Waals surface area contributed by atoms with Crippen molar-refractivity contribution in [2.75, 3.05) is 13.2 Å². The lowest BCUT2D eigenvalue weighted by Gasteiger charge is -2.44. The predicted octanol–water partition coefficient (Wildman–Crippen LogP) is 1.21. The average Bonchev–Trinajstić information content (AvgIpc) is 2.68. The first-order valence-corrected chi connectivity index (χ1v) is 9.37. The summed E-state index contributed by atoms with van der Waals surface area (Å²) in [5, 5.41) is 42.8. The Balaban J connectivity index is 3.52. The van der Waals surface area contributed by atoms with Gasteiger partial charge in [0.05, 0.1) is 19.3 Å². The number of hydrogen-bond donors (Lipinski definition) is 2. The highest BCUT2D eigenvalue weighted by Crippen LogP contribution is 2.44. The van der Waals surface area contributed by atoms with Crippen molar-refractivity contribution in [2.45, 2.75) is 50.9 Å². The van der Waals surface area contributed by atoms with Gasteiger partial charge in [-0.25, -0.2) is 9.59 Å². The first kappa shape index (κ1) is 25.0. The van der Waals surface area contributed by atoms with Crippen molar-refractivity contribution >= 4 is 11.9 Å². The molecule has 1 aliphatic carbocycles. The van der Waals surface area contributed by atoms with E-state index in [2.05, 4.69) is 6.58 Å². The molecule has 164 valence electrons. The lowest BCUT2D eigenvalue weighted by atomic mass is 9.64. The SMILES string of the molecule is C=C(/C=C\C(C#N)=C/C)[C@H]1C[C@@](O)(C(=O)OCC)[C@H]([N+](=O)[O-])[C@@](O)(C(=O)OCC)C1. The third kappa shape index (κ3) is 4.93. The Morgan fingerprint density at radius 2 is 1.67 bits per heavy atom. The van der Waals surface area contributed by atoms with E-state index in [1.54, 1.807) is 6.92 Å². The molecule has 1 fully saturated rings. The van der Waals surface area contributed by atoms with Gasteiger partial charge in [-0.15, -0.1) is 0 Å². The van der Waals surface area contributed by atoms with Gasteiger partial charge in [-0.05, 0) is 32.8 Å². The summed E-state index contributed by atoms with van der Waals surface area (Å²) in [4.78, 5) is 35.7. The van der Waals surface area contributed by atoms with Crippen LogP contribution in [0.1, 0.15) is 33.6 Å². The van der Waals surface area contributed by atoms with Crippen LogP contribution in [-0.4, -0.2) is 57.5 Å². The topological polar surface area (TPSA) is 160 Å². The monoisotopic (exact) mass is 422 g/mol. The summed E-state index contributed by atoms with van der Waals surface area (Å²) in [6.45, 7) is 7.99. The lowest BCUT2D eigenvalue weighted by molar-refractivity contribution is -0.566. The summed E-state index contributed by atoms with van der Waals surface area (Å²) in [5.74, 6) is -3.58. The number of aliphatic hydroxyl groups is 2. The highest BCUT2D eigenvalue weighted by molar-refractivity contribution is 5.86. The zero-order chi connectivity index (χ0) is 23.1. The van der Waals surface area contributed by atoms with E-state index in [9.17, 15) is 29.9 Å². The molecule has 1 rings (SSSR count). The van der Waals surface area contributed by atoms with E-state index >= 15 is 0 Å². The van der Waals surface area contributed by atoms with E-state index in [0.29, 0.717) is 5.57 Å². The summed E-state index contributed by atoms with van der Waals surface area (Å²) in [6, 6.07) is -0.470. The molecule has 1 saturated carbocycles. The van der Waals surface area contributed by atoms with Crippen LogP contribution in [0.5, 0.6) is 0 Å². The third-order valence-corrected chi connectivity index (χ3v) is 4.93. The van der Waals surface area contributed by atoms with Crippen LogP contribution in [0.3, 0.4) is 0 Å². The second-order valence-electron chi connectivity index (χ2n) is 6.85. The normalized spacial score (nSPS) is 29.1. The van der Waals surface area contributed by atoms with Crippen LogP contribution in [0.25, 0.3) is 0 Å². The van der Waals surface area contributed by atoms with Crippen molar-refractivity contribution in [3.05, 3.63) is 46.1 Å². The molecule has 0 aromatic rings. The Labute approximate surface area is 174 Å². The molecule has 0 aromatic carbocycles. The van der Waals surface area contributed by atoms with Crippen LogP contribution >= 0.6 is 0 Å². The standard InChI is InChI=1S/C20H26N2O8/c1-5-14(12-21)9-8-13(4)15-10-19(25,17(23)29-6-2)16(22(27)28)20(26,11-15)18(24)30-7-3/h5,8-9,15-16,25-26H,4,6-7,10-11H2,1-3H3/b9-8-,14-5+/t15-,16-,19-,20+. The second kappa shape index (κ2) is 10.1. The molecule has 0 radical (unpaired) electrons. The fourth-order valence-electron chi connectivity index (χ4n) is 3.49. The lowest BCUT2D eigenvalue weighted by Crippen LogP contribution is -2.71. The van der Waals surface area contributed by atoms with Gasteiger partial charge in [0.1, 0.15) is 0 Å². The number of carbonyl (C=O) groups excluding carboxylic acids is 2. The minimum absolute atomic E-state index is 0.179. The van der Waals surface area contributed by atoms with Crippen molar-refractivity contribution in [1.82, 2.24) is 0 Å². The number of nitrogens with zero attached hydrogens (tertiary/aromatic N) is 2. The molecule has 0 amide bonds. The number of nitro groups is 1. The summed E-state index contributed by atoms with van der Waals surface area (Å²) in [7, 11) is 0. The number of hydrogen-bond acceptors (Lipinski definition) is 9. The van der Waals surface area contributed by atoms with Gasteiger partial charge in [0.25, 0.3) is 6.04 Å². The molecule has 0 saturated heterocycles. The van der Waals surface area contributed by atoms with Crippen LogP contribution in [0.2, 0.25) is 0 Å². The molecule has 0 heterocycles. The van der Waals surface area contributed by atoms with Crippen molar-refractivity contribution in [3.63, 3.8) is 0 Å². The van der Waals surface area contributed by atoms with E-state index in [0.717, 1.165) is 0 Å². The van der Waals surface area contributed by atoms with Crippen LogP contribution in [0.4, 0.5) is 0 Å². The molecule has 1 aliphatic rings. The van der Waals surface area contributed by atoms with Crippen LogP contribution in [-0.2, 0) is 19.1 Å². The minimum Gasteiger partial charge on any atom is -0.464 e. The molecule has 0 aliphatic heterocycles. The fourth-order valence-corrected chi connectivity index (χ4v) is 3.49. The number of esters is 2. The first-order valence-electron chi connectivity index (χ1n) is 9.37. The second-order valence-corrected chi connectivity index (χ2v) is 6.85. The van der Waals surface area contributed by atoms with E-state index in [4.69, 9.17) is 14.7 Å². The summed E-state index contributed by atoms with van der Waals surface area (Å²) in [5.41, 5.74) is -5.06. The van der Waals surface area contributed by atoms with Gasteiger partial charge < -0.3 is 19.7 Å². The molecule has 4 atom stereocenters. The smallest absolute Gasteiger partial charge is 0.345 e. The Morgan fingerprint density at radius 3 is 2.00 bits per heavy atom. The maximum absolute atomic E-state index is 12.5. The third-order valence-electron chi connectivity index (χ3n) is 4.93. The van der Waals surface area contributed by atoms with Gasteiger partial charge in [0.15, 0.2) is 0 Å². The quantitative estimate of drug-likeness (QED) is 0.193. The van der Waals surface area contributed by atoms with Crippen LogP contribution in [0.15, 0.2) is 36.0 Å². The molecule has 0 bridgehead atoms. The van der Waals surface area contributed by atoms with E-state index in [1.807, 2.05) is 6.07 Å². The van der Waals surface area contributed by atoms with Crippen LogP contribution < -0.4 is 0 Å². The number of rotatable bonds is 8. The van der Waals surface area contributed by atoms with Gasteiger partial charge in [-0.1, -0.05) is 24.3 Å². The minimum atomic E-state index is -2.81. The number of carbonyl (C=O) groups is 2. The molecule has 10 heteroatoms. The Bertz CT molecular complexity index is 778. The molecule has 2 N–H and O–H groups in total. The molecule has 0 spiro atoms. The largest absolute Gasteiger partial charge is 0.464 e. The first-order chi connectivity index (χ1) is 14.0. The zero-order valence-electron chi connectivity index (χ0n) is 17.2. The molecule has 10 nitrogen and oxygen atoms in total. The molecule has 0 unspecified atom stereocenters. The van der Waals surface area contributed by atoms with E-state index < -0.39 is 52.9 Å². The molecular weight excluding hydrogens is 396 g/mol. The highest BCUT2D eigenvalue weighted by Gasteiger charge is 2.71. The van der Waals surface area contributed by atoms with Gasteiger partial charge in [0, 0.05) is 23.3 Å². The Kier molecular flexibility index (Phi) is 8.45. The van der Waals surface area contributed by atoms with Gasteiger partial charge >= 0.3 is 11.9 Å². The van der Waals surface area contributed by atoms with Crippen molar-refractivity contribution in [2.24, 2.45) is 5.92 Å². The zero-order valence-corrected chi connectivity index (χ0v) is 17.2. The average molecular weight is 422 g/mol. The van der Waals surface area contributed by atoms with Crippen molar-refractivity contribution in [1.29, 1.82) is 5.26 Å². The summed E-state index contributed by atoms with van der Waals surface area (Å²) in [6.07, 6.45) is 3.36. The molecular formula is C20H26N2O8. The van der Waals surface area contributed by atoms with E-state index in [-0.39, 0.29) is 18.8 Å². The van der Waals surface area contributed by atoms with E-state index in [1.165, 1.54) is 32.1 Å². The number of ether oxygens (including phenoxy) is 2. The molecule has 0 aromatic heterocycles. The highest BCUT2D eigenvalue weighted by atomic mass is 16.6. The van der Waals surface area contributed by atoms with Gasteiger partial charge in [-0.2, -0.15) is 5.26 Å². The summed E-state index contributed by atoms with van der Waals surface area (Å²) >= 11 is 0. The van der Waals surface area contributed by atoms with Crippen LogP contribution in [0, 0.1) is 27.4 Å². The maximum atomic E-state index is 12.5. The maximum Gasteiger partial charge on any atom is 0.345 e. The fraction of sp³-hybridized carbons (Fsp3) is 0.550. The van der Waals surface area contributed by atoms with Crippen molar-refractivity contribution in [3.8, 4) is 6.07 Å². The molecule has 30 heavy (non-hydrogen) atoms. The Hall–Kier alpha value is -3.03. The van der Waals surface area contributed by atoms with Gasteiger partial charge in [0.2, 0.25) is 11.2 Å². The number of nitriles is 1.